The van der Waals surface area contributed by atoms with Gasteiger partial charge < -0.3 is 9.84 Å². The molecule has 0 amide bonds. The summed E-state index contributed by atoms with van der Waals surface area (Å²) < 4.78 is 6.69. The SMILES string of the molecule is O[C@@H]1CSCc2c3c(cc(Br)c21)CCO3. The molecule has 4 heteroatoms. The van der Waals surface area contributed by atoms with Gasteiger partial charge in [0.1, 0.15) is 5.75 Å². The van der Waals surface area contributed by atoms with Gasteiger partial charge in [-0.05, 0) is 11.6 Å². The fourth-order valence-electron chi connectivity index (χ4n) is 2.24. The average molecular weight is 287 g/mol. The lowest BCUT2D eigenvalue weighted by Crippen LogP contribution is -2.12. The van der Waals surface area contributed by atoms with Crippen molar-refractivity contribution >= 4 is 27.7 Å². The van der Waals surface area contributed by atoms with Crippen molar-refractivity contribution in [3.63, 3.8) is 0 Å². The van der Waals surface area contributed by atoms with E-state index in [1.54, 1.807) is 11.8 Å². The molecule has 1 N–H and O–H groups in total. The van der Waals surface area contributed by atoms with Crippen LogP contribution >= 0.6 is 27.7 Å². The third-order valence-electron chi connectivity index (χ3n) is 2.92. The maximum absolute atomic E-state index is 9.97. The van der Waals surface area contributed by atoms with Gasteiger partial charge in [0.15, 0.2) is 0 Å². The van der Waals surface area contributed by atoms with E-state index in [1.165, 1.54) is 11.1 Å². The number of aliphatic hydroxyl groups is 1. The zero-order valence-corrected chi connectivity index (χ0v) is 10.5. The quantitative estimate of drug-likeness (QED) is 0.795. The summed E-state index contributed by atoms with van der Waals surface area (Å²) in [6.45, 7) is 0.777. The van der Waals surface area contributed by atoms with Crippen LogP contribution in [-0.2, 0) is 12.2 Å². The molecule has 1 aromatic rings. The van der Waals surface area contributed by atoms with Crippen LogP contribution in [0, 0.1) is 0 Å². The monoisotopic (exact) mass is 286 g/mol. The Morgan fingerprint density at radius 3 is 3.27 bits per heavy atom. The molecule has 1 atom stereocenters. The second-order valence-corrected chi connectivity index (χ2v) is 5.75. The lowest BCUT2D eigenvalue weighted by atomic mass is 9.99. The van der Waals surface area contributed by atoms with E-state index in [2.05, 4.69) is 22.0 Å². The summed E-state index contributed by atoms with van der Waals surface area (Å²) in [5.41, 5.74) is 3.50. The van der Waals surface area contributed by atoms with Crippen molar-refractivity contribution in [1.82, 2.24) is 0 Å². The summed E-state index contributed by atoms with van der Waals surface area (Å²) in [6, 6.07) is 2.10. The van der Waals surface area contributed by atoms with Gasteiger partial charge in [0.2, 0.25) is 0 Å². The van der Waals surface area contributed by atoms with Gasteiger partial charge in [-0.15, -0.1) is 0 Å². The first-order valence-corrected chi connectivity index (χ1v) is 6.95. The molecule has 0 radical (unpaired) electrons. The highest BCUT2D eigenvalue weighted by atomic mass is 79.9. The van der Waals surface area contributed by atoms with Gasteiger partial charge in [0.05, 0.1) is 12.7 Å². The summed E-state index contributed by atoms with van der Waals surface area (Å²) in [5.74, 6) is 2.76. The molecule has 3 rings (SSSR count). The smallest absolute Gasteiger partial charge is 0.127 e. The summed E-state index contributed by atoms with van der Waals surface area (Å²) in [5, 5.41) is 9.97. The summed E-state index contributed by atoms with van der Waals surface area (Å²) in [7, 11) is 0. The van der Waals surface area contributed by atoms with Crippen LogP contribution in [0.25, 0.3) is 0 Å². The first-order chi connectivity index (χ1) is 7.27. The molecule has 2 aliphatic rings. The predicted octanol–water partition coefficient (Wildman–Crippen LogP) is 2.66. The van der Waals surface area contributed by atoms with E-state index < -0.39 is 0 Å². The van der Waals surface area contributed by atoms with Crippen LogP contribution in [0.5, 0.6) is 5.75 Å². The topological polar surface area (TPSA) is 29.5 Å². The highest BCUT2D eigenvalue weighted by molar-refractivity contribution is 9.10. The molecule has 0 unspecified atom stereocenters. The fourth-order valence-corrected chi connectivity index (χ4v) is 4.02. The van der Waals surface area contributed by atoms with Crippen molar-refractivity contribution in [3.8, 4) is 5.75 Å². The van der Waals surface area contributed by atoms with E-state index in [0.29, 0.717) is 0 Å². The third-order valence-corrected chi connectivity index (χ3v) is 4.62. The van der Waals surface area contributed by atoms with Gasteiger partial charge in [-0.2, -0.15) is 11.8 Å². The van der Waals surface area contributed by atoms with Gasteiger partial charge in [0.25, 0.3) is 0 Å². The lowest BCUT2D eigenvalue weighted by Gasteiger charge is -2.24. The van der Waals surface area contributed by atoms with Gasteiger partial charge in [-0.25, -0.2) is 0 Å². The maximum Gasteiger partial charge on any atom is 0.127 e. The number of halogens is 1. The molecule has 2 heterocycles. The molecule has 0 aromatic heterocycles. The molecule has 2 nitrogen and oxygen atoms in total. The molecule has 0 bridgehead atoms. The van der Waals surface area contributed by atoms with E-state index >= 15 is 0 Å². The predicted molar refractivity (Wildman–Crippen MR) is 64.5 cm³/mol. The summed E-state index contributed by atoms with van der Waals surface area (Å²) >= 11 is 5.32. The zero-order chi connectivity index (χ0) is 10.4. The Bertz CT molecular complexity index is 420. The first kappa shape index (κ1) is 10.00. The summed E-state index contributed by atoms with van der Waals surface area (Å²) in [4.78, 5) is 0. The molecule has 0 saturated heterocycles. The molecule has 80 valence electrons. The number of rotatable bonds is 0. The Kier molecular flexibility index (Phi) is 2.45. The normalized spacial score (nSPS) is 23.2. The van der Waals surface area contributed by atoms with Gasteiger partial charge in [0, 0.05) is 33.5 Å². The minimum atomic E-state index is -0.359. The van der Waals surface area contributed by atoms with E-state index in [-0.39, 0.29) is 6.10 Å². The number of benzene rings is 1. The molecule has 0 spiro atoms. The third kappa shape index (κ3) is 1.50. The van der Waals surface area contributed by atoms with Crippen molar-refractivity contribution in [2.75, 3.05) is 12.4 Å². The Balaban J connectivity index is 2.24. The van der Waals surface area contributed by atoms with Crippen molar-refractivity contribution in [2.24, 2.45) is 0 Å². The minimum Gasteiger partial charge on any atom is -0.493 e. The molecule has 0 aliphatic carbocycles. The zero-order valence-electron chi connectivity index (χ0n) is 8.12. The summed E-state index contributed by atoms with van der Waals surface area (Å²) in [6.07, 6.45) is 0.629. The van der Waals surface area contributed by atoms with Gasteiger partial charge in [-0.1, -0.05) is 15.9 Å². The van der Waals surface area contributed by atoms with Crippen molar-refractivity contribution in [1.29, 1.82) is 0 Å². The molecule has 15 heavy (non-hydrogen) atoms. The van der Waals surface area contributed by atoms with Crippen LogP contribution < -0.4 is 4.74 Å². The first-order valence-electron chi connectivity index (χ1n) is 5.00. The van der Waals surface area contributed by atoms with E-state index in [4.69, 9.17) is 4.74 Å². The molecule has 0 fully saturated rings. The van der Waals surface area contributed by atoms with Crippen LogP contribution in [0.4, 0.5) is 0 Å². The van der Waals surface area contributed by atoms with Crippen LogP contribution in [-0.4, -0.2) is 17.5 Å². The number of aliphatic hydroxyl groups excluding tert-OH is 1. The molecule has 0 saturated carbocycles. The lowest BCUT2D eigenvalue weighted by molar-refractivity contribution is 0.200. The molecule has 2 aliphatic heterocycles. The maximum atomic E-state index is 9.97. The largest absolute Gasteiger partial charge is 0.493 e. The Morgan fingerprint density at radius 1 is 1.53 bits per heavy atom. The number of hydrogen-bond donors (Lipinski definition) is 1. The molecular formula is C11H11BrO2S. The molecule has 1 aromatic carbocycles. The minimum absolute atomic E-state index is 0.359. The van der Waals surface area contributed by atoms with E-state index in [9.17, 15) is 5.11 Å². The number of ether oxygens (including phenoxy) is 1. The van der Waals surface area contributed by atoms with Gasteiger partial charge >= 0.3 is 0 Å². The van der Waals surface area contributed by atoms with E-state index in [0.717, 1.165) is 40.3 Å². The van der Waals surface area contributed by atoms with Crippen molar-refractivity contribution < 1.29 is 9.84 Å². The highest BCUT2D eigenvalue weighted by Gasteiger charge is 2.28. The molecular weight excluding hydrogens is 276 g/mol. The van der Waals surface area contributed by atoms with E-state index in [1.807, 2.05) is 0 Å². The van der Waals surface area contributed by atoms with Crippen molar-refractivity contribution in [2.45, 2.75) is 18.3 Å². The van der Waals surface area contributed by atoms with Crippen LogP contribution in [0.1, 0.15) is 22.8 Å². The average Bonchev–Trinajstić information content (AvgIpc) is 2.65. The van der Waals surface area contributed by atoms with Crippen molar-refractivity contribution in [3.05, 3.63) is 27.2 Å². The highest BCUT2D eigenvalue weighted by Crippen LogP contribution is 2.44. The van der Waals surface area contributed by atoms with Crippen LogP contribution in [0.2, 0.25) is 0 Å². The standard InChI is InChI=1S/C11H11BrO2S/c12-8-3-6-1-2-14-11(6)7-4-15-5-9(13)10(7)8/h3,9,13H,1-2,4-5H2/t9-/m1/s1. The van der Waals surface area contributed by atoms with Gasteiger partial charge in [-0.3, -0.25) is 0 Å². The Labute approximate surface area is 101 Å². The number of fused-ring (bicyclic) bond motifs is 3. The fraction of sp³-hybridized carbons (Fsp3) is 0.455. The number of hydrogen-bond acceptors (Lipinski definition) is 3. The second kappa shape index (κ2) is 3.68. The second-order valence-electron chi connectivity index (χ2n) is 3.87. The number of thioether (sulfide) groups is 1. The Hall–Kier alpha value is -0.190. The van der Waals surface area contributed by atoms with Crippen LogP contribution in [0.3, 0.4) is 0 Å². The van der Waals surface area contributed by atoms with Crippen LogP contribution in [0.15, 0.2) is 10.5 Å². The Morgan fingerprint density at radius 2 is 2.40 bits per heavy atom.